The SMILES string of the molecule is CCCNCCNS(=O)(=O)c1ccc(NS(=O)(=O)CC)cc1OC.Cl. The summed E-state index contributed by atoms with van der Waals surface area (Å²) in [6.07, 6.45) is 0.968. The van der Waals surface area contributed by atoms with Gasteiger partial charge in [-0.15, -0.1) is 12.4 Å². The monoisotopic (exact) mass is 415 g/mol. The molecule has 0 aliphatic heterocycles. The van der Waals surface area contributed by atoms with Crippen molar-refractivity contribution in [1.82, 2.24) is 10.0 Å². The first-order chi connectivity index (χ1) is 11.3. The summed E-state index contributed by atoms with van der Waals surface area (Å²) in [5.74, 6) is -0.0119. The summed E-state index contributed by atoms with van der Waals surface area (Å²) in [5, 5.41) is 3.09. The molecule has 0 aromatic heterocycles. The first kappa shape index (κ1) is 23.9. The summed E-state index contributed by atoms with van der Waals surface area (Å²) < 4.78 is 57.8. The Hall–Kier alpha value is -1.07. The number of anilines is 1. The predicted octanol–water partition coefficient (Wildman–Crippen LogP) is 1.16. The highest BCUT2D eigenvalue weighted by Gasteiger charge is 2.20. The van der Waals surface area contributed by atoms with E-state index in [2.05, 4.69) is 14.8 Å². The number of ether oxygens (including phenoxy) is 1. The number of halogens is 1. The predicted molar refractivity (Wildman–Crippen MR) is 102 cm³/mol. The lowest BCUT2D eigenvalue weighted by Gasteiger charge is -2.13. The molecule has 0 aliphatic carbocycles. The first-order valence-corrected chi connectivity index (χ1v) is 10.8. The number of benzene rings is 1. The third-order valence-electron chi connectivity index (χ3n) is 3.13. The molecular weight excluding hydrogens is 390 g/mol. The normalized spacial score (nSPS) is 11.6. The molecule has 25 heavy (non-hydrogen) atoms. The maximum absolute atomic E-state index is 12.3. The molecule has 1 aromatic carbocycles. The first-order valence-electron chi connectivity index (χ1n) is 7.64. The molecule has 8 nitrogen and oxygen atoms in total. The Bertz CT molecular complexity index is 739. The third-order valence-corrected chi connectivity index (χ3v) is 5.93. The van der Waals surface area contributed by atoms with Crippen molar-refractivity contribution >= 4 is 38.1 Å². The van der Waals surface area contributed by atoms with Crippen LogP contribution in [0.2, 0.25) is 0 Å². The molecule has 0 heterocycles. The number of hydrogen-bond acceptors (Lipinski definition) is 6. The molecule has 0 saturated heterocycles. The third kappa shape index (κ3) is 7.78. The van der Waals surface area contributed by atoms with E-state index in [4.69, 9.17) is 4.74 Å². The maximum Gasteiger partial charge on any atom is 0.244 e. The molecular formula is C14H26ClN3O5S2. The molecule has 0 saturated carbocycles. The Balaban J connectivity index is 0.00000576. The van der Waals surface area contributed by atoms with Crippen LogP contribution in [0.15, 0.2) is 23.1 Å². The molecule has 3 N–H and O–H groups in total. The van der Waals surface area contributed by atoms with Gasteiger partial charge in [0.2, 0.25) is 20.0 Å². The van der Waals surface area contributed by atoms with Gasteiger partial charge in [-0.3, -0.25) is 4.72 Å². The van der Waals surface area contributed by atoms with Crippen LogP contribution in [0.4, 0.5) is 5.69 Å². The van der Waals surface area contributed by atoms with Crippen molar-refractivity contribution in [2.24, 2.45) is 0 Å². The highest BCUT2D eigenvalue weighted by molar-refractivity contribution is 7.92. The average molecular weight is 416 g/mol. The van der Waals surface area contributed by atoms with Gasteiger partial charge in [0.25, 0.3) is 0 Å². The minimum Gasteiger partial charge on any atom is -0.495 e. The lowest BCUT2D eigenvalue weighted by atomic mass is 10.3. The minimum atomic E-state index is -3.75. The van der Waals surface area contributed by atoms with E-state index in [0.717, 1.165) is 13.0 Å². The number of methoxy groups -OCH3 is 1. The van der Waals surface area contributed by atoms with E-state index in [9.17, 15) is 16.8 Å². The fourth-order valence-electron chi connectivity index (χ4n) is 1.86. The zero-order chi connectivity index (χ0) is 18.2. The van der Waals surface area contributed by atoms with E-state index in [1.807, 2.05) is 6.92 Å². The fraction of sp³-hybridized carbons (Fsp3) is 0.571. The summed E-state index contributed by atoms with van der Waals surface area (Å²) in [7, 11) is -5.87. The zero-order valence-electron chi connectivity index (χ0n) is 14.5. The lowest BCUT2D eigenvalue weighted by Crippen LogP contribution is -2.32. The van der Waals surface area contributed by atoms with E-state index in [1.54, 1.807) is 0 Å². The molecule has 0 fully saturated rings. The van der Waals surface area contributed by atoms with E-state index in [0.29, 0.717) is 6.54 Å². The van der Waals surface area contributed by atoms with Crippen LogP contribution in [-0.2, 0) is 20.0 Å². The van der Waals surface area contributed by atoms with Gasteiger partial charge in [0.05, 0.1) is 18.6 Å². The van der Waals surface area contributed by atoms with E-state index in [1.165, 1.54) is 32.2 Å². The minimum absolute atomic E-state index is 0. The van der Waals surface area contributed by atoms with Gasteiger partial charge in [0, 0.05) is 19.2 Å². The van der Waals surface area contributed by atoms with Gasteiger partial charge in [-0.25, -0.2) is 21.6 Å². The molecule has 146 valence electrons. The standard InChI is InChI=1S/C14H25N3O5S2.ClH/c1-4-8-15-9-10-16-24(20,21)14-7-6-12(11-13(14)22-3)17-23(18,19)5-2;/h6-7,11,15-17H,4-5,8-10H2,1-3H3;1H. The van der Waals surface area contributed by atoms with Gasteiger partial charge in [0.1, 0.15) is 10.6 Å². The van der Waals surface area contributed by atoms with Crippen molar-refractivity contribution in [2.45, 2.75) is 25.2 Å². The molecule has 1 rings (SSSR count). The Morgan fingerprint density at radius 2 is 1.72 bits per heavy atom. The Labute approximate surface area is 156 Å². The van der Waals surface area contributed by atoms with Gasteiger partial charge in [-0.05, 0) is 32.0 Å². The molecule has 0 radical (unpaired) electrons. The Morgan fingerprint density at radius 1 is 1.04 bits per heavy atom. The molecule has 0 amide bonds. The van der Waals surface area contributed by atoms with Crippen molar-refractivity contribution in [3.8, 4) is 5.75 Å². The van der Waals surface area contributed by atoms with Crippen LogP contribution in [0.25, 0.3) is 0 Å². The topological polar surface area (TPSA) is 114 Å². The van der Waals surface area contributed by atoms with Crippen LogP contribution in [0, 0.1) is 0 Å². The molecule has 0 aliphatic rings. The highest BCUT2D eigenvalue weighted by Crippen LogP contribution is 2.27. The second-order valence-corrected chi connectivity index (χ2v) is 8.77. The number of sulfonamides is 2. The average Bonchev–Trinajstić information content (AvgIpc) is 2.54. The molecule has 0 unspecified atom stereocenters. The van der Waals surface area contributed by atoms with E-state index >= 15 is 0 Å². The highest BCUT2D eigenvalue weighted by atomic mass is 35.5. The zero-order valence-corrected chi connectivity index (χ0v) is 17.0. The van der Waals surface area contributed by atoms with Crippen molar-refractivity contribution in [1.29, 1.82) is 0 Å². The van der Waals surface area contributed by atoms with Gasteiger partial charge < -0.3 is 10.1 Å². The van der Waals surface area contributed by atoms with Crippen LogP contribution in [0.5, 0.6) is 5.75 Å². The van der Waals surface area contributed by atoms with Gasteiger partial charge in [0.15, 0.2) is 0 Å². The second kappa shape index (κ2) is 10.8. The summed E-state index contributed by atoms with van der Waals surface area (Å²) in [6.45, 7) is 5.11. The van der Waals surface area contributed by atoms with Gasteiger partial charge in [-0.2, -0.15) is 0 Å². The maximum atomic E-state index is 12.3. The number of rotatable bonds is 11. The second-order valence-electron chi connectivity index (χ2n) is 5.02. The van der Waals surface area contributed by atoms with Crippen LogP contribution < -0.4 is 19.5 Å². The van der Waals surface area contributed by atoms with Crippen LogP contribution >= 0.6 is 12.4 Å². The number of nitrogens with one attached hydrogen (secondary N) is 3. The van der Waals surface area contributed by atoms with Crippen LogP contribution in [0.3, 0.4) is 0 Å². The Kier molecular flexibility index (Phi) is 10.4. The lowest BCUT2D eigenvalue weighted by molar-refractivity contribution is 0.402. The molecule has 11 heteroatoms. The molecule has 0 spiro atoms. The van der Waals surface area contributed by atoms with Gasteiger partial charge in [-0.1, -0.05) is 6.92 Å². The summed E-state index contributed by atoms with van der Waals surface area (Å²) in [4.78, 5) is -0.0417. The van der Waals surface area contributed by atoms with Gasteiger partial charge >= 0.3 is 0 Å². The van der Waals surface area contributed by atoms with Crippen LogP contribution in [0.1, 0.15) is 20.3 Å². The molecule has 1 aromatic rings. The van der Waals surface area contributed by atoms with Crippen molar-refractivity contribution in [3.05, 3.63) is 18.2 Å². The smallest absolute Gasteiger partial charge is 0.244 e. The van der Waals surface area contributed by atoms with E-state index in [-0.39, 0.29) is 41.0 Å². The summed E-state index contributed by atoms with van der Waals surface area (Å²) in [5.41, 5.74) is 0.247. The number of hydrogen-bond donors (Lipinski definition) is 3. The Morgan fingerprint density at radius 3 is 2.28 bits per heavy atom. The largest absolute Gasteiger partial charge is 0.495 e. The van der Waals surface area contributed by atoms with E-state index < -0.39 is 20.0 Å². The summed E-state index contributed by atoms with van der Waals surface area (Å²) >= 11 is 0. The quantitative estimate of drug-likeness (QED) is 0.467. The van der Waals surface area contributed by atoms with Crippen molar-refractivity contribution in [3.63, 3.8) is 0 Å². The summed E-state index contributed by atoms with van der Waals surface area (Å²) in [6, 6.07) is 4.05. The fourth-order valence-corrected chi connectivity index (χ4v) is 3.67. The molecule has 0 bridgehead atoms. The van der Waals surface area contributed by atoms with Crippen molar-refractivity contribution in [2.75, 3.05) is 37.2 Å². The van der Waals surface area contributed by atoms with Crippen molar-refractivity contribution < 1.29 is 21.6 Å². The van der Waals surface area contributed by atoms with Crippen LogP contribution in [-0.4, -0.2) is 49.3 Å². The molecule has 0 atom stereocenters.